The molecule has 3 heteroatoms. The summed E-state index contributed by atoms with van der Waals surface area (Å²) in [5, 5.41) is 1.42. The van der Waals surface area contributed by atoms with Gasteiger partial charge in [-0.05, 0) is 74.0 Å². The zero-order chi connectivity index (χ0) is 19.8. The number of benzene rings is 2. The lowest BCUT2D eigenvalue weighted by Crippen LogP contribution is -2.53. The highest BCUT2D eigenvalue weighted by Gasteiger charge is 2.48. The fraction of sp³-hybridized carbons (Fsp3) is 0.462. The molecule has 0 spiro atoms. The summed E-state index contributed by atoms with van der Waals surface area (Å²) in [5.74, 6) is 1.62. The summed E-state index contributed by atoms with van der Waals surface area (Å²) in [6.45, 7) is 5.94. The second kappa shape index (κ2) is 7.53. The van der Waals surface area contributed by atoms with Gasteiger partial charge in [0.15, 0.2) is 0 Å². The van der Waals surface area contributed by atoms with Gasteiger partial charge in [-0.3, -0.25) is 0 Å². The van der Waals surface area contributed by atoms with Gasteiger partial charge in [0.25, 0.3) is 0 Å². The molecule has 29 heavy (non-hydrogen) atoms. The summed E-state index contributed by atoms with van der Waals surface area (Å²) < 4.78 is 5.60. The monoisotopic (exact) mass is 388 g/mol. The number of piperidine rings is 1. The average Bonchev–Trinajstić information content (AvgIpc) is 3.13. The van der Waals surface area contributed by atoms with Crippen LogP contribution >= 0.6 is 0 Å². The van der Waals surface area contributed by atoms with E-state index in [1.165, 1.54) is 67.5 Å². The molecule has 1 saturated heterocycles. The standard InChI is InChI=1S/C26H32N2O/c1-3-4-13-28-14-12-26(19-8-7-9-21(15-19)29-2)17-25-23(16-20(26)18-28)22-10-5-6-11-24(22)27-25/h5-11,15,20,27H,3-4,12-14,16-18H2,1-2H3. The zero-order valence-corrected chi connectivity index (χ0v) is 17.7. The van der Waals surface area contributed by atoms with Crippen LogP contribution < -0.4 is 4.74 Å². The van der Waals surface area contributed by atoms with Gasteiger partial charge in [0, 0.05) is 28.6 Å². The zero-order valence-electron chi connectivity index (χ0n) is 17.7. The van der Waals surface area contributed by atoms with E-state index < -0.39 is 0 Å². The van der Waals surface area contributed by atoms with Crippen LogP contribution in [0.25, 0.3) is 10.9 Å². The maximum atomic E-state index is 5.60. The third-order valence-corrected chi connectivity index (χ3v) is 7.45. The van der Waals surface area contributed by atoms with Crippen LogP contribution in [0.2, 0.25) is 0 Å². The van der Waals surface area contributed by atoms with Crippen molar-refractivity contribution in [3.8, 4) is 5.75 Å². The second-order valence-corrected chi connectivity index (χ2v) is 9.00. The van der Waals surface area contributed by atoms with Gasteiger partial charge in [0.2, 0.25) is 0 Å². The Bertz CT molecular complexity index is 1010. The van der Waals surface area contributed by atoms with Gasteiger partial charge in [-0.25, -0.2) is 0 Å². The third kappa shape index (κ3) is 3.16. The predicted octanol–water partition coefficient (Wildman–Crippen LogP) is 5.34. The molecule has 1 aliphatic heterocycles. The smallest absolute Gasteiger partial charge is 0.119 e. The number of nitrogens with zero attached hydrogens (tertiary/aromatic N) is 1. The van der Waals surface area contributed by atoms with Crippen LogP contribution in [0.15, 0.2) is 48.5 Å². The lowest BCUT2D eigenvalue weighted by molar-refractivity contribution is 0.0805. The summed E-state index contributed by atoms with van der Waals surface area (Å²) in [4.78, 5) is 6.49. The Labute approximate surface area is 174 Å². The topological polar surface area (TPSA) is 28.3 Å². The fourth-order valence-corrected chi connectivity index (χ4v) is 5.83. The molecule has 2 aliphatic rings. The number of rotatable bonds is 5. The van der Waals surface area contributed by atoms with Gasteiger partial charge in [-0.1, -0.05) is 43.7 Å². The lowest BCUT2D eigenvalue weighted by Gasteiger charge is -2.51. The van der Waals surface area contributed by atoms with Gasteiger partial charge in [-0.15, -0.1) is 0 Å². The fourth-order valence-electron chi connectivity index (χ4n) is 5.83. The van der Waals surface area contributed by atoms with Gasteiger partial charge in [0.1, 0.15) is 5.75 Å². The first kappa shape index (κ1) is 18.7. The summed E-state index contributed by atoms with van der Waals surface area (Å²) in [6, 6.07) is 17.7. The summed E-state index contributed by atoms with van der Waals surface area (Å²) in [7, 11) is 1.78. The Morgan fingerprint density at radius 3 is 2.93 bits per heavy atom. The van der Waals surface area contributed by atoms with Crippen LogP contribution in [-0.4, -0.2) is 36.6 Å². The van der Waals surface area contributed by atoms with E-state index in [4.69, 9.17) is 4.74 Å². The molecule has 3 nitrogen and oxygen atoms in total. The normalized spacial score (nSPS) is 24.3. The molecule has 0 bridgehead atoms. The quantitative estimate of drug-likeness (QED) is 0.639. The van der Waals surface area contributed by atoms with Gasteiger partial charge < -0.3 is 14.6 Å². The van der Waals surface area contributed by atoms with Crippen molar-refractivity contribution in [2.24, 2.45) is 5.92 Å². The molecule has 0 radical (unpaired) electrons. The van der Waals surface area contributed by atoms with E-state index in [0.717, 1.165) is 12.2 Å². The lowest BCUT2D eigenvalue weighted by atomic mass is 9.58. The molecule has 2 atom stereocenters. The highest BCUT2D eigenvalue weighted by Crippen LogP contribution is 2.49. The third-order valence-electron chi connectivity index (χ3n) is 7.45. The number of ether oxygens (including phenoxy) is 1. The van der Waals surface area contributed by atoms with Gasteiger partial charge in [-0.2, -0.15) is 0 Å². The van der Waals surface area contributed by atoms with Crippen LogP contribution in [0.3, 0.4) is 0 Å². The maximum Gasteiger partial charge on any atom is 0.119 e. The second-order valence-electron chi connectivity index (χ2n) is 9.00. The number of nitrogens with one attached hydrogen (secondary N) is 1. The minimum Gasteiger partial charge on any atom is -0.497 e. The summed E-state index contributed by atoms with van der Waals surface area (Å²) >= 11 is 0. The molecule has 0 saturated carbocycles. The van der Waals surface area contributed by atoms with Crippen molar-refractivity contribution in [3.05, 3.63) is 65.4 Å². The number of fused-ring (bicyclic) bond motifs is 4. The van der Waals surface area contributed by atoms with Crippen LogP contribution in [0.5, 0.6) is 5.75 Å². The molecule has 1 N–H and O–H groups in total. The molecule has 1 fully saturated rings. The van der Waals surface area contributed by atoms with Gasteiger partial charge >= 0.3 is 0 Å². The Hall–Kier alpha value is -2.26. The maximum absolute atomic E-state index is 5.60. The number of unbranched alkanes of at least 4 members (excludes halogenated alkanes) is 1. The number of para-hydroxylation sites is 1. The van der Waals surface area contributed by atoms with Crippen LogP contribution in [0.1, 0.15) is 43.0 Å². The van der Waals surface area contributed by atoms with Crippen LogP contribution in [-0.2, 0) is 18.3 Å². The van der Waals surface area contributed by atoms with Crippen LogP contribution in [0, 0.1) is 5.92 Å². The molecule has 1 aliphatic carbocycles. The highest BCUT2D eigenvalue weighted by atomic mass is 16.5. The molecule has 0 amide bonds. The van der Waals surface area contributed by atoms with Gasteiger partial charge in [0.05, 0.1) is 7.11 Å². The molecule has 5 rings (SSSR count). The number of H-pyrrole nitrogens is 1. The number of methoxy groups -OCH3 is 1. The van der Waals surface area contributed by atoms with E-state index >= 15 is 0 Å². The average molecular weight is 389 g/mol. The molecule has 2 heterocycles. The van der Waals surface area contributed by atoms with Crippen molar-refractivity contribution >= 4 is 10.9 Å². The first-order chi connectivity index (χ1) is 14.2. The van der Waals surface area contributed by atoms with E-state index in [-0.39, 0.29) is 5.41 Å². The van der Waals surface area contributed by atoms with E-state index in [9.17, 15) is 0 Å². The van der Waals surface area contributed by atoms with Crippen LogP contribution in [0.4, 0.5) is 0 Å². The van der Waals surface area contributed by atoms with Crippen molar-refractivity contribution in [3.63, 3.8) is 0 Å². The largest absolute Gasteiger partial charge is 0.497 e. The predicted molar refractivity (Wildman–Crippen MR) is 120 cm³/mol. The van der Waals surface area contributed by atoms with E-state index in [0.29, 0.717) is 5.92 Å². The number of aromatic amines is 1. The first-order valence-corrected chi connectivity index (χ1v) is 11.2. The molecular formula is C26H32N2O. The molecule has 2 unspecified atom stereocenters. The Balaban J connectivity index is 1.58. The number of hydrogen-bond donors (Lipinski definition) is 1. The SMILES string of the molecule is CCCCN1CCC2(c3cccc(OC)c3)Cc3[nH]c4ccccc4c3CC2C1. The highest BCUT2D eigenvalue weighted by molar-refractivity contribution is 5.85. The van der Waals surface area contributed by atoms with Crippen molar-refractivity contribution in [2.75, 3.05) is 26.7 Å². The molecule has 1 aromatic heterocycles. The Morgan fingerprint density at radius 1 is 1.17 bits per heavy atom. The molecule has 2 aromatic carbocycles. The van der Waals surface area contributed by atoms with Crippen molar-refractivity contribution < 1.29 is 4.74 Å². The van der Waals surface area contributed by atoms with Crippen molar-refractivity contribution in [2.45, 2.75) is 44.4 Å². The first-order valence-electron chi connectivity index (χ1n) is 11.2. The minimum absolute atomic E-state index is 0.200. The molecule has 152 valence electrons. The summed E-state index contributed by atoms with van der Waals surface area (Å²) in [5.41, 5.74) is 5.96. The minimum atomic E-state index is 0.200. The Kier molecular flexibility index (Phi) is 4.87. The number of hydrogen-bond acceptors (Lipinski definition) is 2. The Morgan fingerprint density at radius 2 is 2.07 bits per heavy atom. The molecular weight excluding hydrogens is 356 g/mol. The number of aromatic nitrogens is 1. The summed E-state index contributed by atoms with van der Waals surface area (Å²) in [6.07, 6.45) is 6.07. The van der Waals surface area contributed by atoms with E-state index in [1.807, 2.05) is 0 Å². The van der Waals surface area contributed by atoms with Crippen molar-refractivity contribution in [1.29, 1.82) is 0 Å². The number of likely N-dealkylation sites (tertiary alicyclic amines) is 1. The van der Waals surface area contributed by atoms with E-state index in [2.05, 4.69) is 65.3 Å². The van der Waals surface area contributed by atoms with E-state index in [1.54, 1.807) is 12.7 Å². The van der Waals surface area contributed by atoms with Crippen molar-refractivity contribution in [1.82, 2.24) is 9.88 Å². The molecule has 3 aromatic rings.